The van der Waals surface area contributed by atoms with Crippen LogP contribution in [0, 0.1) is 0 Å². The van der Waals surface area contributed by atoms with Crippen LogP contribution < -0.4 is 10.5 Å². The first-order valence-corrected chi connectivity index (χ1v) is 9.53. The Morgan fingerprint density at radius 3 is 2.80 bits per heavy atom. The highest BCUT2D eigenvalue weighted by Crippen LogP contribution is 2.25. The van der Waals surface area contributed by atoms with E-state index in [1.165, 1.54) is 18.9 Å². The van der Waals surface area contributed by atoms with Crippen LogP contribution in [0.2, 0.25) is 5.02 Å². The molecule has 0 spiro atoms. The van der Waals surface area contributed by atoms with Crippen LogP contribution in [0.5, 0.6) is 0 Å². The number of nitrogens with one attached hydrogen (secondary N) is 1. The van der Waals surface area contributed by atoms with Gasteiger partial charge in [0.05, 0.1) is 4.90 Å². The van der Waals surface area contributed by atoms with E-state index in [-0.39, 0.29) is 4.90 Å². The number of thioether (sulfide) groups is 1. The molecule has 20 heavy (non-hydrogen) atoms. The second-order valence-corrected chi connectivity index (χ2v) is 8.38. The number of hydrogen-bond donors (Lipinski definition) is 2. The highest BCUT2D eigenvalue weighted by Gasteiger charge is 2.19. The second-order valence-electron chi connectivity index (χ2n) is 4.80. The SMILES string of the molecule is NCc1ccc(S(=O)(=O)NCC2CCCCS2)cc1Cl. The fourth-order valence-electron chi connectivity index (χ4n) is 2.12. The van der Waals surface area contributed by atoms with Gasteiger partial charge in [0, 0.05) is 23.4 Å². The third kappa shape index (κ3) is 4.11. The van der Waals surface area contributed by atoms with E-state index in [1.54, 1.807) is 12.1 Å². The number of nitrogens with two attached hydrogens (primary N) is 1. The Kier molecular flexibility index (Phi) is 5.74. The summed E-state index contributed by atoms with van der Waals surface area (Å²) in [5, 5.41) is 0.764. The molecule has 3 N–H and O–H groups in total. The zero-order chi connectivity index (χ0) is 14.6. The van der Waals surface area contributed by atoms with E-state index in [4.69, 9.17) is 17.3 Å². The average Bonchev–Trinajstić information content (AvgIpc) is 2.46. The van der Waals surface area contributed by atoms with Gasteiger partial charge >= 0.3 is 0 Å². The van der Waals surface area contributed by atoms with E-state index in [2.05, 4.69) is 4.72 Å². The van der Waals surface area contributed by atoms with E-state index >= 15 is 0 Å². The lowest BCUT2D eigenvalue weighted by molar-refractivity contribution is 0.574. The van der Waals surface area contributed by atoms with E-state index in [1.807, 2.05) is 11.8 Å². The van der Waals surface area contributed by atoms with Crippen molar-refractivity contribution in [1.82, 2.24) is 4.72 Å². The van der Waals surface area contributed by atoms with Crippen molar-refractivity contribution in [3.63, 3.8) is 0 Å². The van der Waals surface area contributed by atoms with Crippen LogP contribution in [-0.2, 0) is 16.6 Å². The maximum Gasteiger partial charge on any atom is 0.240 e. The summed E-state index contributed by atoms with van der Waals surface area (Å²) < 4.78 is 27.1. The number of halogens is 1. The third-order valence-electron chi connectivity index (χ3n) is 3.33. The summed E-state index contributed by atoms with van der Waals surface area (Å²) in [5.41, 5.74) is 6.26. The molecule has 7 heteroatoms. The van der Waals surface area contributed by atoms with Crippen molar-refractivity contribution < 1.29 is 8.42 Å². The smallest absolute Gasteiger partial charge is 0.240 e. The van der Waals surface area contributed by atoms with Crippen molar-refractivity contribution in [1.29, 1.82) is 0 Å². The van der Waals surface area contributed by atoms with Crippen LogP contribution in [0.1, 0.15) is 24.8 Å². The van der Waals surface area contributed by atoms with Crippen LogP contribution in [0.25, 0.3) is 0 Å². The lowest BCUT2D eigenvalue weighted by Crippen LogP contribution is -2.32. The number of hydrogen-bond acceptors (Lipinski definition) is 4. The average molecular weight is 335 g/mol. The van der Waals surface area contributed by atoms with E-state index in [0.29, 0.717) is 23.4 Å². The first-order chi connectivity index (χ1) is 9.53. The van der Waals surface area contributed by atoms with Crippen molar-refractivity contribution in [3.8, 4) is 0 Å². The molecular formula is C13H19ClN2O2S2. The van der Waals surface area contributed by atoms with Gasteiger partial charge in [0.15, 0.2) is 0 Å². The molecule has 1 aliphatic rings. The molecule has 1 heterocycles. The van der Waals surface area contributed by atoms with Crippen LogP contribution in [-0.4, -0.2) is 26.0 Å². The summed E-state index contributed by atoms with van der Waals surface area (Å²) in [7, 11) is -3.50. The monoisotopic (exact) mass is 334 g/mol. The summed E-state index contributed by atoms with van der Waals surface area (Å²) in [6.45, 7) is 0.772. The molecule has 1 aliphatic heterocycles. The minimum Gasteiger partial charge on any atom is -0.326 e. The van der Waals surface area contributed by atoms with Crippen molar-refractivity contribution in [3.05, 3.63) is 28.8 Å². The summed E-state index contributed by atoms with van der Waals surface area (Å²) in [4.78, 5) is 0.195. The second kappa shape index (κ2) is 7.13. The zero-order valence-corrected chi connectivity index (χ0v) is 13.5. The Hall–Kier alpha value is -0.270. The van der Waals surface area contributed by atoms with Gasteiger partial charge in [-0.3, -0.25) is 0 Å². The predicted molar refractivity (Wildman–Crippen MR) is 84.6 cm³/mol. The van der Waals surface area contributed by atoms with Gasteiger partial charge in [-0.15, -0.1) is 0 Å². The van der Waals surface area contributed by atoms with Gasteiger partial charge in [-0.1, -0.05) is 24.1 Å². The van der Waals surface area contributed by atoms with Gasteiger partial charge in [0.2, 0.25) is 10.0 Å². The Morgan fingerprint density at radius 1 is 1.40 bits per heavy atom. The fraction of sp³-hybridized carbons (Fsp3) is 0.538. The fourth-order valence-corrected chi connectivity index (χ4v) is 4.89. The highest BCUT2D eigenvalue weighted by atomic mass is 35.5. The van der Waals surface area contributed by atoms with E-state index in [9.17, 15) is 8.42 Å². The van der Waals surface area contributed by atoms with Gasteiger partial charge < -0.3 is 5.73 Å². The van der Waals surface area contributed by atoms with Gasteiger partial charge in [0.25, 0.3) is 0 Å². The Balaban J connectivity index is 2.04. The minimum absolute atomic E-state index is 0.195. The number of rotatable bonds is 5. The van der Waals surface area contributed by atoms with Crippen molar-refractivity contribution in [2.24, 2.45) is 5.73 Å². The minimum atomic E-state index is -3.50. The lowest BCUT2D eigenvalue weighted by atomic mass is 10.2. The topological polar surface area (TPSA) is 72.2 Å². The molecule has 0 saturated carbocycles. The maximum absolute atomic E-state index is 12.2. The Labute approximate surface area is 129 Å². The third-order valence-corrected chi connectivity index (χ3v) is 6.50. The Morgan fingerprint density at radius 2 is 2.20 bits per heavy atom. The molecule has 112 valence electrons. The standard InChI is InChI=1S/C13H19ClN2O2S2/c14-13-7-12(5-4-10(13)8-15)20(17,18)16-9-11-3-1-2-6-19-11/h4-5,7,11,16H,1-3,6,8-9,15H2. The molecule has 4 nitrogen and oxygen atoms in total. The molecule has 1 aromatic carbocycles. The van der Waals surface area contributed by atoms with Crippen LogP contribution in [0.15, 0.2) is 23.1 Å². The van der Waals surface area contributed by atoms with Gasteiger partial charge in [-0.2, -0.15) is 11.8 Å². The van der Waals surface area contributed by atoms with E-state index in [0.717, 1.165) is 17.7 Å². The summed E-state index contributed by atoms with van der Waals surface area (Å²) in [5.74, 6) is 1.11. The molecule has 1 aromatic rings. The molecule has 0 radical (unpaired) electrons. The molecule has 0 aromatic heterocycles. The molecule has 0 amide bonds. The number of benzene rings is 1. The molecule has 2 rings (SSSR count). The van der Waals surface area contributed by atoms with Gasteiger partial charge in [0.1, 0.15) is 0 Å². The molecule has 1 unspecified atom stereocenters. The predicted octanol–water partition coefficient (Wildman–Crippen LogP) is 2.36. The van der Waals surface area contributed by atoms with Crippen LogP contribution >= 0.6 is 23.4 Å². The molecular weight excluding hydrogens is 316 g/mol. The molecule has 0 bridgehead atoms. The summed E-state index contributed by atoms with van der Waals surface area (Å²) in [6.07, 6.45) is 3.47. The first-order valence-electron chi connectivity index (χ1n) is 6.62. The first kappa shape index (κ1) is 16.1. The van der Waals surface area contributed by atoms with E-state index < -0.39 is 10.0 Å². The molecule has 0 aliphatic carbocycles. The quantitative estimate of drug-likeness (QED) is 0.867. The van der Waals surface area contributed by atoms with Crippen molar-refractivity contribution in [2.75, 3.05) is 12.3 Å². The molecule has 1 fully saturated rings. The molecule has 1 saturated heterocycles. The van der Waals surface area contributed by atoms with Gasteiger partial charge in [-0.25, -0.2) is 13.1 Å². The zero-order valence-electron chi connectivity index (χ0n) is 11.1. The van der Waals surface area contributed by atoms with Crippen LogP contribution in [0.3, 0.4) is 0 Å². The Bertz CT molecular complexity index is 557. The van der Waals surface area contributed by atoms with Crippen molar-refractivity contribution in [2.45, 2.75) is 36.0 Å². The van der Waals surface area contributed by atoms with Crippen molar-refractivity contribution >= 4 is 33.4 Å². The summed E-state index contributed by atoms with van der Waals surface area (Å²) in [6, 6.07) is 4.66. The van der Waals surface area contributed by atoms with Crippen LogP contribution in [0.4, 0.5) is 0 Å². The largest absolute Gasteiger partial charge is 0.326 e. The summed E-state index contributed by atoms with van der Waals surface area (Å²) >= 11 is 7.85. The number of sulfonamides is 1. The molecule has 1 atom stereocenters. The lowest BCUT2D eigenvalue weighted by Gasteiger charge is -2.21. The maximum atomic E-state index is 12.2. The van der Waals surface area contributed by atoms with Gasteiger partial charge in [-0.05, 0) is 36.3 Å². The normalized spacial score (nSPS) is 20.0. The highest BCUT2D eigenvalue weighted by molar-refractivity contribution is 8.00.